The molecule has 1 unspecified atom stereocenters. The maximum atomic E-state index is 12.9. The van der Waals surface area contributed by atoms with E-state index in [4.69, 9.17) is 0 Å². The van der Waals surface area contributed by atoms with Crippen molar-refractivity contribution in [2.24, 2.45) is 0 Å². The predicted molar refractivity (Wildman–Crippen MR) is 119 cm³/mol. The second kappa shape index (κ2) is 8.55. The van der Waals surface area contributed by atoms with Crippen molar-refractivity contribution < 1.29 is 4.79 Å². The van der Waals surface area contributed by atoms with Crippen molar-refractivity contribution in [2.75, 3.05) is 0 Å². The minimum atomic E-state index is -0.244. The van der Waals surface area contributed by atoms with Crippen LogP contribution < -0.4 is 10.9 Å². The van der Waals surface area contributed by atoms with Crippen LogP contribution in [0.5, 0.6) is 0 Å². The highest BCUT2D eigenvalue weighted by molar-refractivity contribution is 5.76. The molecule has 2 aromatic carbocycles. The first-order chi connectivity index (χ1) is 14.9. The van der Waals surface area contributed by atoms with Crippen molar-refractivity contribution in [2.45, 2.75) is 39.7 Å². The molecule has 4 rings (SSSR count). The van der Waals surface area contributed by atoms with Gasteiger partial charge in [-0.2, -0.15) is 0 Å². The predicted octanol–water partition coefficient (Wildman–Crippen LogP) is 3.31. The summed E-state index contributed by atoms with van der Waals surface area (Å²) < 4.78 is 3.22. The number of aryl methyl sites for hydroxylation is 3. The lowest BCUT2D eigenvalue weighted by atomic mass is 10.1. The van der Waals surface area contributed by atoms with Crippen LogP contribution >= 0.6 is 0 Å². The molecule has 0 fully saturated rings. The lowest BCUT2D eigenvalue weighted by Crippen LogP contribution is -2.27. The lowest BCUT2D eigenvalue weighted by molar-refractivity contribution is -0.121. The lowest BCUT2D eigenvalue weighted by Gasteiger charge is -2.14. The Bertz CT molecular complexity index is 1290. The minimum absolute atomic E-state index is 0.0726. The quantitative estimate of drug-likeness (QED) is 0.524. The van der Waals surface area contributed by atoms with E-state index in [2.05, 4.69) is 15.5 Å². The van der Waals surface area contributed by atoms with Gasteiger partial charge in [0.1, 0.15) is 5.82 Å². The zero-order valence-electron chi connectivity index (χ0n) is 17.9. The molecule has 1 amide bonds. The van der Waals surface area contributed by atoms with Crippen LogP contribution in [0.3, 0.4) is 0 Å². The maximum Gasteiger partial charge on any atom is 0.300 e. The van der Waals surface area contributed by atoms with Gasteiger partial charge in [0.2, 0.25) is 11.6 Å². The van der Waals surface area contributed by atoms with Crippen LogP contribution in [0, 0.1) is 13.8 Å². The van der Waals surface area contributed by atoms with E-state index in [0.717, 1.165) is 16.8 Å². The number of aromatic nitrogens is 4. The van der Waals surface area contributed by atoms with Crippen LogP contribution in [0.1, 0.15) is 41.9 Å². The molecule has 0 spiro atoms. The number of nitrogens with one attached hydrogen (secondary N) is 1. The van der Waals surface area contributed by atoms with Gasteiger partial charge in [0.15, 0.2) is 0 Å². The van der Waals surface area contributed by atoms with Crippen LogP contribution in [-0.4, -0.2) is 25.1 Å². The molecule has 7 heteroatoms. The normalized spacial score (nSPS) is 12.1. The Morgan fingerprint density at radius 2 is 1.81 bits per heavy atom. The van der Waals surface area contributed by atoms with E-state index in [9.17, 15) is 9.59 Å². The SMILES string of the molecule is Cc1ccc(-n2ccn3c(CCC(=O)NC(C)c4ccccc4)nnc3c2=O)cc1C. The molecule has 2 heterocycles. The molecule has 7 nitrogen and oxygen atoms in total. The minimum Gasteiger partial charge on any atom is -0.350 e. The summed E-state index contributed by atoms with van der Waals surface area (Å²) in [5.41, 5.74) is 4.12. The van der Waals surface area contributed by atoms with Crippen LogP contribution in [0.15, 0.2) is 65.7 Å². The summed E-state index contributed by atoms with van der Waals surface area (Å²) in [5, 5.41) is 11.2. The van der Waals surface area contributed by atoms with Gasteiger partial charge in [-0.15, -0.1) is 10.2 Å². The van der Waals surface area contributed by atoms with Gasteiger partial charge in [-0.1, -0.05) is 36.4 Å². The number of hydrogen-bond donors (Lipinski definition) is 1. The molecule has 0 saturated carbocycles. The van der Waals surface area contributed by atoms with E-state index in [0.29, 0.717) is 12.2 Å². The molecule has 0 aliphatic heterocycles. The first kappa shape index (κ1) is 20.5. The largest absolute Gasteiger partial charge is 0.350 e. The number of hydrogen-bond acceptors (Lipinski definition) is 4. The molecule has 0 aliphatic carbocycles. The average Bonchev–Trinajstić information content (AvgIpc) is 3.19. The topological polar surface area (TPSA) is 81.3 Å². The Morgan fingerprint density at radius 1 is 1.03 bits per heavy atom. The monoisotopic (exact) mass is 415 g/mol. The van der Waals surface area contributed by atoms with Crippen molar-refractivity contribution in [1.29, 1.82) is 0 Å². The maximum absolute atomic E-state index is 12.9. The summed E-state index contributed by atoms with van der Waals surface area (Å²) in [6.07, 6.45) is 4.13. The van der Waals surface area contributed by atoms with Gasteiger partial charge in [0, 0.05) is 30.9 Å². The van der Waals surface area contributed by atoms with E-state index < -0.39 is 0 Å². The Labute approximate surface area is 180 Å². The number of carbonyl (C=O) groups excluding carboxylic acids is 1. The number of amides is 1. The van der Waals surface area contributed by atoms with Gasteiger partial charge in [-0.05, 0) is 49.6 Å². The molecule has 0 saturated heterocycles. The fourth-order valence-corrected chi connectivity index (χ4v) is 3.55. The number of nitrogens with zero attached hydrogens (tertiary/aromatic N) is 4. The molecule has 1 atom stereocenters. The third-order valence-electron chi connectivity index (χ3n) is 5.56. The number of fused-ring (bicyclic) bond motifs is 1. The van der Waals surface area contributed by atoms with Crippen molar-refractivity contribution in [3.8, 4) is 5.69 Å². The number of rotatable bonds is 6. The van der Waals surface area contributed by atoms with Gasteiger partial charge >= 0.3 is 5.56 Å². The smallest absolute Gasteiger partial charge is 0.300 e. The van der Waals surface area contributed by atoms with Crippen molar-refractivity contribution >= 4 is 11.6 Å². The molecule has 4 aromatic rings. The summed E-state index contributed by atoms with van der Waals surface area (Å²) >= 11 is 0. The Morgan fingerprint density at radius 3 is 2.55 bits per heavy atom. The fraction of sp³-hybridized carbons (Fsp3) is 0.250. The van der Waals surface area contributed by atoms with E-state index >= 15 is 0 Å². The molecule has 0 aliphatic rings. The summed E-state index contributed by atoms with van der Waals surface area (Å²) in [4.78, 5) is 25.3. The molecular formula is C24H25N5O2. The summed E-state index contributed by atoms with van der Waals surface area (Å²) in [6.45, 7) is 6.00. The second-order valence-electron chi connectivity index (χ2n) is 7.75. The van der Waals surface area contributed by atoms with E-state index in [1.165, 1.54) is 5.56 Å². The molecule has 2 aromatic heterocycles. The molecule has 158 valence electrons. The number of benzene rings is 2. The third-order valence-corrected chi connectivity index (χ3v) is 5.56. The Balaban J connectivity index is 1.49. The van der Waals surface area contributed by atoms with Gasteiger partial charge in [-0.25, -0.2) is 0 Å². The molecule has 0 bridgehead atoms. The highest BCUT2D eigenvalue weighted by Crippen LogP contribution is 2.14. The molecular weight excluding hydrogens is 390 g/mol. The highest BCUT2D eigenvalue weighted by Gasteiger charge is 2.14. The summed E-state index contributed by atoms with van der Waals surface area (Å²) in [5.74, 6) is 0.512. The average molecular weight is 415 g/mol. The van der Waals surface area contributed by atoms with Gasteiger partial charge in [-0.3, -0.25) is 18.6 Å². The van der Waals surface area contributed by atoms with E-state index in [1.54, 1.807) is 21.4 Å². The van der Waals surface area contributed by atoms with Gasteiger partial charge in [0.25, 0.3) is 0 Å². The molecule has 31 heavy (non-hydrogen) atoms. The summed E-state index contributed by atoms with van der Waals surface area (Å²) in [7, 11) is 0. The van der Waals surface area contributed by atoms with Crippen molar-refractivity contribution in [3.05, 3.63) is 93.8 Å². The first-order valence-corrected chi connectivity index (χ1v) is 10.3. The zero-order valence-corrected chi connectivity index (χ0v) is 17.9. The Kier molecular flexibility index (Phi) is 5.66. The summed E-state index contributed by atoms with van der Waals surface area (Å²) in [6, 6.07) is 15.6. The molecule has 1 N–H and O–H groups in total. The van der Waals surface area contributed by atoms with Crippen LogP contribution in [0.4, 0.5) is 0 Å². The van der Waals surface area contributed by atoms with Crippen molar-refractivity contribution in [1.82, 2.24) is 24.5 Å². The van der Waals surface area contributed by atoms with Crippen LogP contribution in [0.25, 0.3) is 11.3 Å². The number of carbonyl (C=O) groups is 1. The first-order valence-electron chi connectivity index (χ1n) is 10.3. The third kappa shape index (κ3) is 4.26. The Hall–Kier alpha value is -3.74. The van der Waals surface area contributed by atoms with E-state index in [-0.39, 0.29) is 29.6 Å². The molecule has 0 radical (unpaired) electrons. The van der Waals surface area contributed by atoms with Gasteiger partial charge < -0.3 is 5.32 Å². The van der Waals surface area contributed by atoms with Crippen molar-refractivity contribution in [3.63, 3.8) is 0 Å². The fourth-order valence-electron chi connectivity index (χ4n) is 3.55. The zero-order chi connectivity index (χ0) is 22.0. The second-order valence-corrected chi connectivity index (χ2v) is 7.75. The van der Waals surface area contributed by atoms with Crippen LogP contribution in [0.2, 0.25) is 0 Å². The van der Waals surface area contributed by atoms with Gasteiger partial charge in [0.05, 0.1) is 6.04 Å². The highest BCUT2D eigenvalue weighted by atomic mass is 16.1. The standard InChI is InChI=1S/C24H25N5O2/c1-16-9-10-20(15-17(16)2)28-13-14-29-21(26-27-23(29)24(28)31)11-12-22(30)25-18(3)19-7-5-4-6-8-19/h4-10,13-15,18H,11-12H2,1-3H3,(H,25,30). The van der Waals surface area contributed by atoms with E-state index in [1.807, 2.05) is 69.3 Å². The van der Waals surface area contributed by atoms with Crippen LogP contribution in [-0.2, 0) is 11.2 Å².